The van der Waals surface area contributed by atoms with Gasteiger partial charge in [0.25, 0.3) is 0 Å². The van der Waals surface area contributed by atoms with Crippen molar-refractivity contribution in [2.45, 2.75) is 230 Å². The number of aromatic hydroxyl groups is 8. The molecule has 0 amide bonds. The van der Waals surface area contributed by atoms with E-state index in [-0.39, 0.29) is 96.3 Å². The van der Waals surface area contributed by atoms with Crippen LogP contribution in [0, 0.1) is 0 Å². The highest BCUT2D eigenvalue weighted by Crippen LogP contribution is 2.53. The van der Waals surface area contributed by atoms with Gasteiger partial charge in [0.1, 0.15) is 46.0 Å². The van der Waals surface area contributed by atoms with Crippen molar-refractivity contribution >= 4 is 0 Å². The van der Waals surface area contributed by atoms with Gasteiger partial charge in [-0.1, -0.05) is 105 Å². The summed E-state index contributed by atoms with van der Waals surface area (Å²) < 4.78 is 0. The maximum Gasteiger partial charge on any atom is 0.127 e. The third-order valence-electron chi connectivity index (χ3n) is 18.1. The summed E-state index contributed by atoms with van der Waals surface area (Å²) in [6.07, 6.45) is 21.5. The normalized spacial score (nSPS) is 22.8. The molecule has 392 valence electrons. The molecular weight excluding hydrogens is 905 g/mol. The summed E-state index contributed by atoms with van der Waals surface area (Å²) in [5.41, 5.74) is 5.00. The van der Waals surface area contributed by atoms with Crippen LogP contribution in [0.1, 0.15) is 247 Å². The summed E-state index contributed by atoms with van der Waals surface area (Å²) in [7, 11) is 0. The van der Waals surface area contributed by atoms with E-state index in [1.54, 1.807) is 24.3 Å². The van der Waals surface area contributed by atoms with Gasteiger partial charge in [-0.3, -0.25) is 0 Å². The number of phenolic OH excluding ortho intramolecular Hbond substituents is 8. The van der Waals surface area contributed by atoms with Gasteiger partial charge in [0.05, 0.1) is 22.3 Å². The first-order valence-electron chi connectivity index (χ1n) is 28.0. The van der Waals surface area contributed by atoms with Crippen LogP contribution < -0.4 is 21.3 Å². The SMILES string of the molecule is CC1c2cc(c(O)c(CNC3CCCCC3)c2O)C(C)c2cc(c(O)c(CNC3CCCCC3)c2O)C(C)c2cc(c(O)c(CNC3CCCCC3)c2O)C(C)c2cc1c(O)c(CNC1CCCCC1)c2O. The van der Waals surface area contributed by atoms with Gasteiger partial charge in [-0.25, -0.2) is 0 Å². The Labute approximate surface area is 427 Å². The first-order valence-corrected chi connectivity index (χ1v) is 28.0. The second-order valence-electron chi connectivity index (χ2n) is 22.7. The molecule has 4 aromatic carbocycles. The van der Waals surface area contributed by atoms with Crippen LogP contribution in [-0.2, 0) is 26.2 Å². The predicted octanol–water partition coefficient (Wildman–Crippen LogP) is 11.9. The second-order valence-corrected chi connectivity index (χ2v) is 22.7. The van der Waals surface area contributed by atoms with Crippen LogP contribution in [0.4, 0.5) is 0 Å². The summed E-state index contributed by atoms with van der Waals surface area (Å²) >= 11 is 0. The van der Waals surface area contributed by atoms with E-state index in [0.717, 1.165) is 103 Å². The lowest BCUT2D eigenvalue weighted by atomic mass is 9.78. The molecule has 0 radical (unpaired) electrons. The van der Waals surface area contributed by atoms with E-state index >= 15 is 0 Å². The van der Waals surface area contributed by atoms with Crippen molar-refractivity contribution in [1.82, 2.24) is 21.3 Å². The van der Waals surface area contributed by atoms with E-state index in [9.17, 15) is 40.9 Å². The van der Waals surface area contributed by atoms with Crippen LogP contribution in [0.15, 0.2) is 24.3 Å². The fourth-order valence-electron chi connectivity index (χ4n) is 13.3. The zero-order valence-electron chi connectivity index (χ0n) is 43.5. The van der Waals surface area contributed by atoms with Gasteiger partial charge < -0.3 is 62.1 Å². The minimum atomic E-state index is -0.684. The third kappa shape index (κ3) is 10.6. The number of benzene rings is 4. The quantitative estimate of drug-likeness (QED) is 0.0640. The van der Waals surface area contributed by atoms with Crippen molar-refractivity contribution in [3.63, 3.8) is 0 Å². The Morgan fingerprint density at radius 2 is 0.431 bits per heavy atom. The van der Waals surface area contributed by atoms with Crippen LogP contribution >= 0.6 is 0 Å². The summed E-state index contributed by atoms with van der Waals surface area (Å²) in [5.74, 6) is -3.50. The van der Waals surface area contributed by atoms with Gasteiger partial charge in [-0.15, -0.1) is 0 Å². The summed E-state index contributed by atoms with van der Waals surface area (Å²) in [6.45, 7) is 8.42. The molecule has 12 heteroatoms. The minimum Gasteiger partial charge on any atom is -0.507 e. The largest absolute Gasteiger partial charge is 0.507 e. The summed E-state index contributed by atoms with van der Waals surface area (Å²) in [6, 6.07) is 8.00. The summed E-state index contributed by atoms with van der Waals surface area (Å²) in [5, 5.41) is 115. The number of hydrogen-bond acceptors (Lipinski definition) is 12. The Hall–Kier alpha value is -4.88. The number of nitrogens with one attached hydrogen (secondary N) is 4. The monoisotopic (exact) mass is 989 g/mol. The maximum absolute atomic E-state index is 12.5. The Balaban J connectivity index is 1.28. The van der Waals surface area contributed by atoms with Gasteiger partial charge in [0, 0.05) is 119 Å². The molecule has 8 bridgehead atoms. The molecule has 0 unspecified atom stereocenters. The molecule has 0 spiro atoms. The molecule has 5 aliphatic carbocycles. The topological polar surface area (TPSA) is 210 Å². The first kappa shape index (κ1) is 52.0. The Morgan fingerprint density at radius 3 is 0.583 bits per heavy atom. The van der Waals surface area contributed by atoms with Crippen LogP contribution in [0.25, 0.3) is 0 Å². The van der Waals surface area contributed by atoms with E-state index in [1.807, 2.05) is 27.7 Å². The molecule has 0 aromatic heterocycles. The van der Waals surface area contributed by atoms with Gasteiger partial charge in [0.2, 0.25) is 0 Å². The van der Waals surface area contributed by atoms with E-state index < -0.39 is 23.7 Å². The molecule has 72 heavy (non-hydrogen) atoms. The maximum atomic E-state index is 12.5. The van der Waals surface area contributed by atoms with Crippen molar-refractivity contribution < 1.29 is 40.9 Å². The highest BCUT2D eigenvalue weighted by atomic mass is 16.3. The third-order valence-corrected chi connectivity index (χ3v) is 18.1. The molecule has 0 atom stereocenters. The first-order chi connectivity index (χ1) is 34.7. The molecule has 12 N–H and O–H groups in total. The van der Waals surface area contributed by atoms with Gasteiger partial charge in [-0.2, -0.15) is 0 Å². The molecule has 5 aliphatic rings. The standard InChI is InChI=1S/C60H84N4O8/c1-33-41-25-43(55(67)49(53(41)65)29-61-37-17-9-5-10-18-37)34(2)45-27-47(59(71)51(57(45)69)31-63-39-21-13-7-14-22-39)36(4)48-28-46(58(70)52(60(48)72)32-64-40-23-15-8-16-24-40)35(3)44-26-42(33)54(66)50(56(44)68)30-62-38-19-11-6-12-20-38/h25-28,33-40,61-72H,5-24,29-32H2,1-4H3. The van der Waals surface area contributed by atoms with E-state index in [2.05, 4.69) is 21.3 Å². The lowest BCUT2D eigenvalue weighted by molar-refractivity contribution is 0.360. The minimum absolute atomic E-state index is 0.0955. The number of fused-ring (bicyclic) bond motifs is 8. The average molecular weight is 989 g/mol. The lowest BCUT2D eigenvalue weighted by Crippen LogP contribution is -2.31. The number of phenols is 8. The molecule has 4 saturated carbocycles. The van der Waals surface area contributed by atoms with E-state index in [0.29, 0.717) is 66.8 Å². The van der Waals surface area contributed by atoms with Crippen LogP contribution in [0.5, 0.6) is 46.0 Å². The molecule has 9 rings (SSSR count). The molecule has 4 aromatic rings. The van der Waals surface area contributed by atoms with Crippen LogP contribution in [0.3, 0.4) is 0 Å². The summed E-state index contributed by atoms with van der Waals surface area (Å²) in [4.78, 5) is 0. The van der Waals surface area contributed by atoms with Crippen LogP contribution in [-0.4, -0.2) is 65.0 Å². The highest BCUT2D eigenvalue weighted by Gasteiger charge is 2.35. The molecule has 0 aliphatic heterocycles. The average Bonchev–Trinajstić information content (AvgIpc) is 3.39. The van der Waals surface area contributed by atoms with Crippen molar-refractivity contribution in [2.24, 2.45) is 0 Å². The van der Waals surface area contributed by atoms with Gasteiger partial charge in [0.15, 0.2) is 0 Å². The lowest BCUT2D eigenvalue weighted by Gasteiger charge is -2.30. The molecule has 0 heterocycles. The molecule has 4 fully saturated rings. The van der Waals surface area contributed by atoms with Crippen molar-refractivity contribution in [3.8, 4) is 46.0 Å². The Morgan fingerprint density at radius 1 is 0.278 bits per heavy atom. The predicted molar refractivity (Wildman–Crippen MR) is 284 cm³/mol. The van der Waals surface area contributed by atoms with Crippen molar-refractivity contribution in [3.05, 3.63) is 91.0 Å². The molecule has 12 nitrogen and oxygen atoms in total. The fraction of sp³-hybridized carbons (Fsp3) is 0.600. The van der Waals surface area contributed by atoms with Gasteiger partial charge in [-0.05, 0) is 75.6 Å². The van der Waals surface area contributed by atoms with Crippen molar-refractivity contribution in [1.29, 1.82) is 0 Å². The molecule has 0 saturated heterocycles. The highest BCUT2D eigenvalue weighted by molar-refractivity contribution is 5.67. The Kier molecular flexibility index (Phi) is 16.4. The zero-order valence-corrected chi connectivity index (χ0v) is 43.5. The number of rotatable bonds is 12. The van der Waals surface area contributed by atoms with Crippen LogP contribution in [0.2, 0.25) is 0 Å². The fourth-order valence-corrected chi connectivity index (χ4v) is 13.3. The van der Waals surface area contributed by atoms with E-state index in [4.69, 9.17) is 0 Å². The van der Waals surface area contributed by atoms with Crippen molar-refractivity contribution in [2.75, 3.05) is 0 Å². The molecular formula is C60H84N4O8. The number of hydrogen-bond donors (Lipinski definition) is 12. The smallest absolute Gasteiger partial charge is 0.127 e. The second kappa shape index (κ2) is 22.7. The zero-order chi connectivity index (χ0) is 50.8. The van der Waals surface area contributed by atoms with Gasteiger partial charge >= 0.3 is 0 Å². The van der Waals surface area contributed by atoms with E-state index in [1.165, 1.54) is 25.7 Å². The Bertz CT molecular complexity index is 2090.